The molecule has 3 amide bonds. The van der Waals surface area contributed by atoms with Crippen molar-refractivity contribution in [2.75, 3.05) is 38.6 Å². The first-order valence-corrected chi connectivity index (χ1v) is 24.6. The van der Waals surface area contributed by atoms with Crippen LogP contribution in [0.2, 0.25) is 0 Å². The molecule has 7 rings (SSSR count). The molecule has 4 atom stereocenters. The number of aromatic amines is 1. The molecule has 14 heteroatoms. The molecule has 362 valence electrons. The number of hydrogen-bond donors (Lipinski definition) is 5. The molecule has 3 heterocycles. The zero-order chi connectivity index (χ0) is 49.1. The number of anilines is 1. The van der Waals surface area contributed by atoms with E-state index in [2.05, 4.69) is 56.0 Å². The third-order valence-corrected chi connectivity index (χ3v) is 13.7. The Kier molecular flexibility index (Phi) is 17.0. The van der Waals surface area contributed by atoms with E-state index in [9.17, 15) is 24.3 Å². The molecule has 0 unspecified atom stereocenters. The number of rotatable bonds is 21. The van der Waals surface area contributed by atoms with Crippen LogP contribution in [0.15, 0.2) is 115 Å². The average Bonchev–Trinajstić information content (AvgIpc) is 4.07. The topological polar surface area (TPSA) is 183 Å². The van der Waals surface area contributed by atoms with E-state index in [0.29, 0.717) is 25.4 Å². The molecule has 0 aliphatic carbocycles. The monoisotopic (exact) mass is 951 g/mol. The van der Waals surface area contributed by atoms with Crippen LogP contribution in [0.5, 0.6) is 0 Å². The van der Waals surface area contributed by atoms with Gasteiger partial charge in [0.05, 0.1) is 41.4 Å². The van der Waals surface area contributed by atoms with Gasteiger partial charge in [0, 0.05) is 68.2 Å². The largest absolute Gasteiger partial charge is 0.398 e. The Morgan fingerprint density at radius 1 is 0.957 bits per heavy atom. The maximum atomic E-state index is 14.2. The SMILES string of the molecule is Cc1ncsc1-c1ccc([C@H](C)NC(=O)[C@@H]2C[C@@H](O)CN2C(=O)[C@@H](NC(=O)CCOCCN(CCc2c[nH]c3ccccc23)Cc2ccc(/C=C/C(=O)Cc3ccccc3N)cc2)C(C)(C)C)cc1. The number of ketones is 1. The molecule has 1 aliphatic heterocycles. The Bertz CT molecular complexity index is 2720. The maximum absolute atomic E-state index is 14.2. The Morgan fingerprint density at radius 2 is 1.70 bits per heavy atom. The zero-order valence-electron chi connectivity index (χ0n) is 40.2. The van der Waals surface area contributed by atoms with Crippen LogP contribution in [0.1, 0.15) is 80.1 Å². The van der Waals surface area contributed by atoms with Crippen molar-refractivity contribution < 1.29 is 29.0 Å². The molecule has 1 fully saturated rings. The van der Waals surface area contributed by atoms with Gasteiger partial charge in [0.25, 0.3) is 0 Å². The van der Waals surface area contributed by atoms with Crippen molar-refractivity contribution in [3.63, 3.8) is 0 Å². The van der Waals surface area contributed by atoms with E-state index in [1.807, 2.05) is 113 Å². The van der Waals surface area contributed by atoms with Crippen LogP contribution < -0.4 is 16.4 Å². The number of likely N-dealkylation sites (tertiary alicyclic amines) is 1. The Morgan fingerprint density at radius 3 is 2.42 bits per heavy atom. The molecule has 1 aliphatic rings. The van der Waals surface area contributed by atoms with E-state index in [0.717, 1.165) is 56.9 Å². The highest BCUT2D eigenvalue weighted by atomic mass is 32.1. The van der Waals surface area contributed by atoms with Crippen molar-refractivity contribution in [1.82, 2.24) is 30.4 Å². The molecule has 0 spiro atoms. The van der Waals surface area contributed by atoms with E-state index < -0.39 is 29.5 Å². The molecule has 0 bridgehead atoms. The Balaban J connectivity index is 0.913. The lowest BCUT2D eigenvalue weighted by atomic mass is 9.85. The number of aryl methyl sites for hydroxylation is 1. The number of β-amino-alcohol motifs (C(OH)–C–C–N with tert-alkyl or cyclic N) is 1. The minimum absolute atomic E-state index is 0.00970. The van der Waals surface area contributed by atoms with Gasteiger partial charge in [-0.25, -0.2) is 4.98 Å². The number of nitrogens with one attached hydrogen (secondary N) is 3. The number of benzene rings is 4. The van der Waals surface area contributed by atoms with Gasteiger partial charge in [0.1, 0.15) is 12.1 Å². The highest BCUT2D eigenvalue weighted by Gasteiger charge is 2.44. The molecule has 6 N–H and O–H groups in total. The van der Waals surface area contributed by atoms with Gasteiger partial charge in [-0.05, 0) is 77.3 Å². The van der Waals surface area contributed by atoms with E-state index >= 15 is 0 Å². The van der Waals surface area contributed by atoms with Gasteiger partial charge in [0.15, 0.2) is 5.78 Å². The highest BCUT2D eigenvalue weighted by molar-refractivity contribution is 7.13. The number of aliphatic hydroxyl groups excluding tert-OH is 1. The number of aliphatic hydroxyl groups is 1. The number of amides is 3. The summed E-state index contributed by atoms with van der Waals surface area (Å²) in [5, 5.41) is 17.9. The summed E-state index contributed by atoms with van der Waals surface area (Å²) in [6.07, 6.45) is 5.81. The van der Waals surface area contributed by atoms with Crippen molar-refractivity contribution in [2.24, 2.45) is 5.41 Å². The van der Waals surface area contributed by atoms with Gasteiger partial charge in [-0.2, -0.15) is 0 Å². The third kappa shape index (κ3) is 13.6. The van der Waals surface area contributed by atoms with E-state index in [1.54, 1.807) is 23.5 Å². The van der Waals surface area contributed by atoms with Gasteiger partial charge >= 0.3 is 0 Å². The Hall–Kier alpha value is -6.45. The molecular weight excluding hydrogens is 887 g/mol. The van der Waals surface area contributed by atoms with Crippen molar-refractivity contribution >= 4 is 57.5 Å². The second kappa shape index (κ2) is 23.2. The van der Waals surface area contributed by atoms with Crippen LogP contribution >= 0.6 is 11.3 Å². The first kappa shape index (κ1) is 50.4. The van der Waals surface area contributed by atoms with E-state index in [-0.39, 0.29) is 56.1 Å². The summed E-state index contributed by atoms with van der Waals surface area (Å²) in [5.41, 5.74) is 15.9. The first-order chi connectivity index (χ1) is 33.1. The fourth-order valence-corrected chi connectivity index (χ4v) is 9.53. The number of allylic oxidation sites excluding steroid dienone is 1. The number of nitrogen functional groups attached to an aromatic ring is 1. The highest BCUT2D eigenvalue weighted by Crippen LogP contribution is 2.30. The van der Waals surface area contributed by atoms with Crippen LogP contribution in [0.4, 0.5) is 5.69 Å². The summed E-state index contributed by atoms with van der Waals surface area (Å²) >= 11 is 1.58. The number of nitrogens with zero attached hydrogens (tertiary/aromatic N) is 3. The number of fused-ring (bicyclic) bond motifs is 1. The van der Waals surface area contributed by atoms with Crippen LogP contribution in [-0.4, -0.2) is 99.4 Å². The number of aromatic nitrogens is 2. The first-order valence-electron chi connectivity index (χ1n) is 23.7. The predicted octanol–water partition coefficient (Wildman–Crippen LogP) is 7.83. The summed E-state index contributed by atoms with van der Waals surface area (Å²) in [6, 6.07) is 29.6. The molecule has 6 aromatic rings. The van der Waals surface area contributed by atoms with Gasteiger partial charge in [-0.1, -0.05) is 112 Å². The standard InChI is InChI=1S/C55H65N7O6S/c1-36(40-19-21-41(22-20-40)51-37(2)58-35-69-51)59-53(66)49-31-45(64)34-62(49)54(67)52(55(3,4)5)60-50(65)25-28-68-29-27-61(26-24-43-32-57-48-13-9-7-11-46(43)48)33-39-16-14-38(15-17-39)18-23-44(63)30-42-10-6-8-12-47(42)56/h6-23,32,35-36,45,49,52,57,64H,24-31,33-34,56H2,1-5H3,(H,59,66)(H,60,65)/b23-18+/t36-,45+,49-,52+/m0/s1. The molecule has 69 heavy (non-hydrogen) atoms. The second-order valence-electron chi connectivity index (χ2n) is 19.0. The number of ether oxygens (including phenoxy) is 1. The summed E-state index contributed by atoms with van der Waals surface area (Å²) in [4.78, 5) is 66.7. The van der Waals surface area contributed by atoms with E-state index in [1.165, 1.54) is 15.8 Å². The van der Waals surface area contributed by atoms with E-state index in [4.69, 9.17) is 10.5 Å². The van der Waals surface area contributed by atoms with Crippen LogP contribution in [-0.2, 0) is 43.3 Å². The molecular formula is C55H65N7O6S. The minimum Gasteiger partial charge on any atom is -0.398 e. The predicted molar refractivity (Wildman–Crippen MR) is 274 cm³/mol. The van der Waals surface area contributed by atoms with Crippen LogP contribution in [0, 0.1) is 12.3 Å². The minimum atomic E-state index is -0.943. The molecule has 0 saturated carbocycles. The zero-order valence-corrected chi connectivity index (χ0v) is 41.1. The molecule has 2 aromatic heterocycles. The van der Waals surface area contributed by atoms with Gasteiger partial charge < -0.3 is 36.1 Å². The summed E-state index contributed by atoms with van der Waals surface area (Å²) < 4.78 is 6.06. The molecule has 1 saturated heterocycles. The second-order valence-corrected chi connectivity index (χ2v) is 19.9. The Labute approximate surface area is 409 Å². The lowest BCUT2D eigenvalue weighted by Crippen LogP contribution is -2.58. The normalized spacial score (nSPS) is 16.0. The number of nitrogens with two attached hydrogens (primary N) is 1. The smallest absolute Gasteiger partial charge is 0.246 e. The van der Waals surface area contributed by atoms with Gasteiger partial charge in [-0.3, -0.25) is 24.1 Å². The van der Waals surface area contributed by atoms with Crippen LogP contribution in [0.3, 0.4) is 0 Å². The summed E-state index contributed by atoms with van der Waals surface area (Å²) in [7, 11) is 0. The fraction of sp³-hybridized carbons (Fsp3) is 0.364. The fourth-order valence-electron chi connectivity index (χ4n) is 8.72. The van der Waals surface area contributed by atoms with Crippen molar-refractivity contribution in [2.45, 2.75) is 91.1 Å². The molecule has 13 nitrogen and oxygen atoms in total. The van der Waals surface area contributed by atoms with Crippen molar-refractivity contribution in [1.29, 1.82) is 0 Å². The quantitative estimate of drug-likeness (QED) is 0.0273. The molecule has 0 radical (unpaired) electrons. The average molecular weight is 952 g/mol. The number of para-hydroxylation sites is 2. The maximum Gasteiger partial charge on any atom is 0.246 e. The summed E-state index contributed by atoms with van der Waals surface area (Å²) in [5.74, 6) is -1.14. The van der Waals surface area contributed by atoms with Crippen molar-refractivity contribution in [3.8, 4) is 10.4 Å². The lowest BCUT2D eigenvalue weighted by molar-refractivity contribution is -0.144. The van der Waals surface area contributed by atoms with Gasteiger partial charge in [-0.15, -0.1) is 11.3 Å². The third-order valence-electron chi connectivity index (χ3n) is 12.7. The number of thiazole rings is 1. The number of H-pyrrole nitrogens is 1. The van der Waals surface area contributed by atoms with Crippen LogP contribution in [0.25, 0.3) is 27.4 Å². The van der Waals surface area contributed by atoms with Crippen molar-refractivity contribution in [3.05, 3.63) is 148 Å². The summed E-state index contributed by atoms with van der Waals surface area (Å²) in [6.45, 7) is 12.0. The number of carbonyl (C=O) groups is 4. The lowest BCUT2D eigenvalue weighted by Gasteiger charge is -2.35. The van der Waals surface area contributed by atoms with Gasteiger partial charge in [0.2, 0.25) is 17.7 Å². The number of hydrogen-bond acceptors (Lipinski definition) is 10. The number of carbonyl (C=O) groups excluding carboxylic acids is 4. The molecule has 4 aromatic carbocycles.